The minimum atomic E-state index is 0.322. The van der Waals surface area contributed by atoms with Gasteiger partial charge in [-0.3, -0.25) is 0 Å². The van der Waals surface area contributed by atoms with Crippen molar-refractivity contribution in [3.05, 3.63) is 58.1 Å². The van der Waals surface area contributed by atoms with Gasteiger partial charge in [0.2, 0.25) is 0 Å². The molecule has 0 radical (unpaired) electrons. The van der Waals surface area contributed by atoms with Crippen molar-refractivity contribution in [3.8, 4) is 5.75 Å². The zero-order valence-electron chi connectivity index (χ0n) is 13.5. The summed E-state index contributed by atoms with van der Waals surface area (Å²) in [7, 11) is 0. The number of benzene rings is 2. The molecule has 23 heavy (non-hydrogen) atoms. The van der Waals surface area contributed by atoms with Crippen LogP contribution in [0.5, 0.6) is 5.75 Å². The number of halogens is 1. The molecule has 0 spiro atoms. The van der Waals surface area contributed by atoms with Crippen molar-refractivity contribution < 1.29 is 9.47 Å². The van der Waals surface area contributed by atoms with Gasteiger partial charge >= 0.3 is 0 Å². The fourth-order valence-electron chi connectivity index (χ4n) is 2.21. The molecular weight excluding hydrogens is 330 g/mol. The number of rotatable bonds is 5. The average Bonchev–Trinajstić information content (AvgIpc) is 2.48. The van der Waals surface area contributed by atoms with Gasteiger partial charge in [-0.05, 0) is 56.8 Å². The molecule has 0 aliphatic heterocycles. The van der Waals surface area contributed by atoms with Crippen molar-refractivity contribution in [2.45, 2.75) is 27.4 Å². The first-order valence-electron chi connectivity index (χ1n) is 7.42. The summed E-state index contributed by atoms with van der Waals surface area (Å²) in [5.74, 6) is 0.842. The van der Waals surface area contributed by atoms with E-state index in [-0.39, 0.29) is 0 Å². The number of ether oxygens (including phenoxy) is 2. The highest BCUT2D eigenvalue weighted by Gasteiger charge is 2.10. The molecule has 1 N–H and O–H groups in total. The van der Waals surface area contributed by atoms with E-state index in [9.17, 15) is 0 Å². The summed E-state index contributed by atoms with van der Waals surface area (Å²) in [5, 5.41) is 4.00. The second-order valence-electron chi connectivity index (χ2n) is 5.17. The first-order chi connectivity index (χ1) is 11.0. The van der Waals surface area contributed by atoms with Crippen molar-refractivity contribution >= 4 is 34.7 Å². The molecule has 0 saturated carbocycles. The van der Waals surface area contributed by atoms with E-state index in [4.69, 9.17) is 33.3 Å². The molecule has 0 fully saturated rings. The number of anilines is 1. The molecule has 2 aromatic rings. The van der Waals surface area contributed by atoms with Gasteiger partial charge in [-0.15, -0.1) is 0 Å². The van der Waals surface area contributed by atoms with E-state index >= 15 is 0 Å². The third-order valence-electron chi connectivity index (χ3n) is 3.33. The van der Waals surface area contributed by atoms with Gasteiger partial charge in [0.05, 0.1) is 6.61 Å². The van der Waals surface area contributed by atoms with E-state index in [1.807, 2.05) is 44.2 Å². The van der Waals surface area contributed by atoms with Crippen molar-refractivity contribution in [3.63, 3.8) is 0 Å². The van der Waals surface area contributed by atoms with Crippen molar-refractivity contribution in [1.82, 2.24) is 0 Å². The Morgan fingerprint density at radius 1 is 1.22 bits per heavy atom. The van der Waals surface area contributed by atoms with Gasteiger partial charge in [0, 0.05) is 16.3 Å². The van der Waals surface area contributed by atoms with E-state index in [1.54, 1.807) is 0 Å². The average molecular weight is 350 g/mol. The molecule has 0 bridgehead atoms. The van der Waals surface area contributed by atoms with E-state index < -0.39 is 0 Å². The minimum Gasteiger partial charge on any atom is -0.488 e. The van der Waals surface area contributed by atoms with Gasteiger partial charge in [-0.2, -0.15) is 0 Å². The van der Waals surface area contributed by atoms with Crippen LogP contribution in [0.3, 0.4) is 0 Å². The van der Waals surface area contributed by atoms with Crippen LogP contribution >= 0.6 is 23.8 Å². The molecule has 2 rings (SSSR count). The molecule has 0 aliphatic rings. The Balaban J connectivity index is 2.16. The smallest absolute Gasteiger partial charge is 0.261 e. The van der Waals surface area contributed by atoms with Crippen LogP contribution in [0.15, 0.2) is 36.4 Å². The summed E-state index contributed by atoms with van der Waals surface area (Å²) in [6.07, 6.45) is 0. The predicted molar refractivity (Wildman–Crippen MR) is 99.5 cm³/mol. The summed E-state index contributed by atoms with van der Waals surface area (Å²) in [6.45, 7) is 6.83. The first-order valence-corrected chi connectivity index (χ1v) is 8.21. The Kier molecular flexibility index (Phi) is 6.25. The number of hydrogen-bond donors (Lipinski definition) is 1. The van der Waals surface area contributed by atoms with Gasteiger partial charge in [-0.25, -0.2) is 0 Å². The summed E-state index contributed by atoms with van der Waals surface area (Å²) in [5.41, 5.74) is 3.94. The Labute approximate surface area is 147 Å². The molecular formula is C18H20ClNO2S. The SMILES string of the molecule is CCOC(=S)Nc1cccc(Cl)c1COc1ccc(C)cc1C. The van der Waals surface area contributed by atoms with E-state index in [1.165, 1.54) is 5.56 Å². The number of hydrogen-bond acceptors (Lipinski definition) is 3. The quantitative estimate of drug-likeness (QED) is 0.745. The van der Waals surface area contributed by atoms with Crippen LogP contribution in [-0.4, -0.2) is 11.8 Å². The first kappa shape index (κ1) is 17.6. The molecule has 2 aromatic carbocycles. The standard InChI is InChI=1S/C18H20ClNO2S/c1-4-21-18(23)20-16-7-5-6-15(19)14(16)11-22-17-9-8-12(2)10-13(17)3/h5-10H,4,11H2,1-3H3,(H,20,23). The van der Waals surface area contributed by atoms with Gasteiger partial charge in [0.15, 0.2) is 0 Å². The Bertz CT molecular complexity index is 703. The summed E-state index contributed by atoms with van der Waals surface area (Å²) < 4.78 is 11.2. The van der Waals surface area contributed by atoms with Gasteiger partial charge in [-0.1, -0.05) is 35.4 Å². The zero-order valence-corrected chi connectivity index (χ0v) is 15.1. The summed E-state index contributed by atoms with van der Waals surface area (Å²) in [4.78, 5) is 0. The fraction of sp³-hybridized carbons (Fsp3) is 0.278. The lowest BCUT2D eigenvalue weighted by Gasteiger charge is -2.16. The van der Waals surface area contributed by atoms with Crippen LogP contribution in [0.25, 0.3) is 0 Å². The lowest BCUT2D eigenvalue weighted by atomic mass is 10.1. The van der Waals surface area contributed by atoms with Crippen LogP contribution in [-0.2, 0) is 11.3 Å². The molecule has 5 heteroatoms. The van der Waals surface area contributed by atoms with E-state index in [0.29, 0.717) is 23.4 Å². The fourth-order valence-corrected chi connectivity index (χ4v) is 2.67. The maximum absolute atomic E-state index is 6.32. The monoisotopic (exact) mass is 349 g/mol. The van der Waals surface area contributed by atoms with Crippen LogP contribution in [0.1, 0.15) is 23.6 Å². The van der Waals surface area contributed by atoms with E-state index in [0.717, 1.165) is 22.6 Å². The molecule has 0 heterocycles. The van der Waals surface area contributed by atoms with Crippen LogP contribution in [0.2, 0.25) is 5.02 Å². The van der Waals surface area contributed by atoms with Crippen molar-refractivity contribution in [1.29, 1.82) is 0 Å². The van der Waals surface area contributed by atoms with Crippen molar-refractivity contribution in [2.75, 3.05) is 11.9 Å². The largest absolute Gasteiger partial charge is 0.488 e. The molecule has 0 atom stereocenters. The van der Waals surface area contributed by atoms with Crippen LogP contribution < -0.4 is 10.1 Å². The lowest BCUT2D eigenvalue weighted by Crippen LogP contribution is -2.15. The molecule has 122 valence electrons. The highest BCUT2D eigenvalue weighted by atomic mass is 35.5. The van der Waals surface area contributed by atoms with Crippen molar-refractivity contribution in [2.24, 2.45) is 0 Å². The van der Waals surface area contributed by atoms with Gasteiger partial charge in [0.1, 0.15) is 12.4 Å². The Morgan fingerprint density at radius 3 is 2.70 bits per heavy atom. The molecule has 0 unspecified atom stereocenters. The normalized spacial score (nSPS) is 10.3. The van der Waals surface area contributed by atoms with Gasteiger partial charge in [0.25, 0.3) is 5.17 Å². The minimum absolute atomic E-state index is 0.322. The highest BCUT2D eigenvalue weighted by Crippen LogP contribution is 2.27. The van der Waals surface area contributed by atoms with Gasteiger partial charge < -0.3 is 14.8 Å². The second kappa shape index (κ2) is 8.18. The number of nitrogens with one attached hydrogen (secondary N) is 1. The third-order valence-corrected chi connectivity index (χ3v) is 3.91. The van der Waals surface area contributed by atoms with Crippen LogP contribution in [0.4, 0.5) is 5.69 Å². The molecule has 3 nitrogen and oxygen atoms in total. The Hall–Kier alpha value is -1.78. The molecule has 0 aromatic heterocycles. The predicted octanol–water partition coefficient (Wildman–Crippen LogP) is 5.27. The summed E-state index contributed by atoms with van der Waals surface area (Å²) >= 11 is 11.5. The molecule has 0 saturated heterocycles. The van der Waals surface area contributed by atoms with E-state index in [2.05, 4.69) is 18.3 Å². The third kappa shape index (κ3) is 4.85. The highest BCUT2D eigenvalue weighted by molar-refractivity contribution is 7.80. The number of aryl methyl sites for hydroxylation is 2. The summed E-state index contributed by atoms with van der Waals surface area (Å²) in [6, 6.07) is 11.7. The molecule has 0 amide bonds. The topological polar surface area (TPSA) is 30.5 Å². The maximum Gasteiger partial charge on any atom is 0.261 e. The zero-order chi connectivity index (χ0) is 16.8. The maximum atomic E-state index is 6.32. The number of thiocarbonyl (C=S) groups is 1. The van der Waals surface area contributed by atoms with Crippen LogP contribution in [0, 0.1) is 13.8 Å². The lowest BCUT2D eigenvalue weighted by molar-refractivity contribution is 0.304. The molecule has 0 aliphatic carbocycles. The second-order valence-corrected chi connectivity index (χ2v) is 5.95. The Morgan fingerprint density at radius 2 is 2.00 bits per heavy atom.